The number of fused-ring (bicyclic) bond motifs is 1. The topological polar surface area (TPSA) is 83.8 Å². The van der Waals surface area contributed by atoms with Crippen molar-refractivity contribution >= 4 is 26.3 Å². The molecule has 3 rings (SSSR count). The lowest BCUT2D eigenvalue weighted by molar-refractivity contribution is 0.140. The fourth-order valence-electron chi connectivity index (χ4n) is 3.14. The highest BCUT2D eigenvalue weighted by atomic mass is 32.2. The number of hydrogen-bond donors (Lipinski definition) is 1. The van der Waals surface area contributed by atoms with Gasteiger partial charge in [-0.15, -0.1) is 11.3 Å². The molecule has 0 aliphatic carbocycles. The fourth-order valence-corrected chi connectivity index (χ4v) is 4.52. The Labute approximate surface area is 145 Å². The zero-order chi connectivity index (χ0) is 17.3. The van der Waals surface area contributed by atoms with E-state index in [2.05, 4.69) is 14.6 Å². The van der Waals surface area contributed by atoms with E-state index in [9.17, 15) is 13.2 Å². The number of thiazole rings is 1. The minimum absolute atomic E-state index is 0.0587. The molecule has 0 unspecified atom stereocenters. The number of nitrogens with one attached hydrogen (secondary N) is 1. The average Bonchev–Trinajstić information content (AvgIpc) is 2.87. The molecule has 0 radical (unpaired) electrons. The summed E-state index contributed by atoms with van der Waals surface area (Å²) in [6.45, 7) is 3.75. The summed E-state index contributed by atoms with van der Waals surface area (Å²) in [7, 11) is -3.20. The molecule has 2 aromatic rings. The third-order valence-corrected chi connectivity index (χ3v) is 5.96. The van der Waals surface area contributed by atoms with Crippen LogP contribution in [-0.4, -0.2) is 48.1 Å². The van der Waals surface area contributed by atoms with Crippen LogP contribution in [0.15, 0.2) is 16.2 Å². The summed E-state index contributed by atoms with van der Waals surface area (Å²) in [6.07, 6.45) is 4.29. The molecule has 2 aromatic heterocycles. The van der Waals surface area contributed by atoms with Crippen molar-refractivity contribution in [1.82, 2.24) is 19.0 Å². The molecule has 0 saturated carbocycles. The largest absolute Gasteiger partial charge is 0.293 e. The first-order valence-corrected chi connectivity index (χ1v) is 10.8. The van der Waals surface area contributed by atoms with E-state index in [-0.39, 0.29) is 11.6 Å². The summed E-state index contributed by atoms with van der Waals surface area (Å²) in [4.78, 5) is 19.8. The highest BCUT2D eigenvalue weighted by Gasteiger charge is 2.24. The summed E-state index contributed by atoms with van der Waals surface area (Å²) in [5.74, 6) is 0. The molecule has 1 aliphatic heterocycles. The molecule has 3 heterocycles. The molecule has 24 heavy (non-hydrogen) atoms. The van der Waals surface area contributed by atoms with Crippen molar-refractivity contribution in [3.05, 3.63) is 33.2 Å². The smallest absolute Gasteiger partial charge is 0.259 e. The number of aromatic nitrogens is 2. The third kappa shape index (κ3) is 4.02. The molecule has 0 bridgehead atoms. The average molecular weight is 371 g/mol. The fraction of sp³-hybridized carbons (Fsp3) is 0.600. The van der Waals surface area contributed by atoms with Gasteiger partial charge in [0.05, 0.1) is 11.9 Å². The molecule has 1 N–H and O–H groups in total. The summed E-state index contributed by atoms with van der Waals surface area (Å²) in [5, 5.41) is 1.92. The number of hydrogen-bond acceptors (Lipinski definition) is 6. The Kier molecular flexibility index (Phi) is 5.05. The van der Waals surface area contributed by atoms with Crippen molar-refractivity contribution in [3.63, 3.8) is 0 Å². The van der Waals surface area contributed by atoms with Gasteiger partial charge in [-0.2, -0.15) is 0 Å². The Bertz CT molecular complexity index is 888. The van der Waals surface area contributed by atoms with Crippen LogP contribution in [0.4, 0.5) is 0 Å². The highest BCUT2D eigenvalue weighted by Crippen LogP contribution is 2.19. The van der Waals surface area contributed by atoms with E-state index in [0.29, 0.717) is 18.1 Å². The lowest BCUT2D eigenvalue weighted by atomic mass is 10.0. The number of likely N-dealkylation sites (tertiary alicyclic amines) is 1. The van der Waals surface area contributed by atoms with Gasteiger partial charge < -0.3 is 0 Å². The minimum atomic E-state index is -3.20. The SMILES string of the molecule is Cc1csc2nc(CN3CCCC[C@@H]3CNS(C)(=O)=O)cc(=O)n12. The number of piperidine rings is 1. The third-order valence-electron chi connectivity index (χ3n) is 4.32. The maximum absolute atomic E-state index is 12.3. The van der Waals surface area contributed by atoms with Crippen molar-refractivity contribution in [3.8, 4) is 0 Å². The molecule has 1 aliphatic rings. The van der Waals surface area contributed by atoms with Gasteiger partial charge in [0.2, 0.25) is 10.0 Å². The first kappa shape index (κ1) is 17.5. The molecule has 1 atom stereocenters. The van der Waals surface area contributed by atoms with Crippen LogP contribution < -0.4 is 10.3 Å². The molecule has 0 spiro atoms. The predicted octanol–water partition coefficient (Wildman–Crippen LogP) is 0.968. The van der Waals surface area contributed by atoms with Crippen LogP contribution in [0.3, 0.4) is 0 Å². The maximum atomic E-state index is 12.3. The van der Waals surface area contributed by atoms with Gasteiger partial charge in [0, 0.05) is 36.3 Å². The Hall–Kier alpha value is -1.29. The second-order valence-corrected chi connectivity index (χ2v) is 8.99. The number of nitrogens with zero attached hydrogens (tertiary/aromatic N) is 3. The Balaban J connectivity index is 1.79. The highest BCUT2D eigenvalue weighted by molar-refractivity contribution is 7.88. The lowest BCUT2D eigenvalue weighted by Gasteiger charge is -2.35. The zero-order valence-electron chi connectivity index (χ0n) is 13.9. The lowest BCUT2D eigenvalue weighted by Crippen LogP contribution is -2.46. The summed E-state index contributed by atoms with van der Waals surface area (Å²) in [5.41, 5.74) is 1.58. The van der Waals surface area contributed by atoms with Crippen LogP contribution >= 0.6 is 11.3 Å². The molecular weight excluding hydrogens is 348 g/mol. The van der Waals surface area contributed by atoms with Crippen molar-refractivity contribution < 1.29 is 8.42 Å². The van der Waals surface area contributed by atoms with Gasteiger partial charge in [-0.05, 0) is 26.3 Å². The standard InChI is InChI=1S/C15H22N4O3S2/c1-11-10-23-15-17-12(7-14(20)19(11)15)9-18-6-4-3-5-13(18)8-16-24(2,21)22/h7,10,13,16H,3-6,8-9H2,1-2H3/t13-/m1/s1. The van der Waals surface area contributed by atoms with Gasteiger partial charge in [0.25, 0.3) is 5.56 Å². The summed E-state index contributed by atoms with van der Waals surface area (Å²) in [6, 6.07) is 1.72. The van der Waals surface area contributed by atoms with E-state index >= 15 is 0 Å². The van der Waals surface area contributed by atoms with Crippen molar-refractivity contribution in [2.24, 2.45) is 0 Å². The monoisotopic (exact) mass is 370 g/mol. The number of rotatable bonds is 5. The zero-order valence-corrected chi connectivity index (χ0v) is 15.5. The van der Waals surface area contributed by atoms with E-state index in [1.54, 1.807) is 10.5 Å². The van der Waals surface area contributed by atoms with E-state index in [4.69, 9.17) is 0 Å². The molecule has 1 fully saturated rings. The Morgan fingerprint density at radius 2 is 2.21 bits per heavy atom. The van der Waals surface area contributed by atoms with Crippen molar-refractivity contribution in [1.29, 1.82) is 0 Å². The van der Waals surface area contributed by atoms with Gasteiger partial charge in [0.15, 0.2) is 4.96 Å². The van der Waals surface area contributed by atoms with Gasteiger partial charge in [-0.1, -0.05) is 6.42 Å². The minimum Gasteiger partial charge on any atom is -0.293 e. The van der Waals surface area contributed by atoms with E-state index < -0.39 is 10.0 Å². The van der Waals surface area contributed by atoms with Crippen LogP contribution in [0, 0.1) is 6.92 Å². The molecule has 0 amide bonds. The van der Waals surface area contributed by atoms with Crippen LogP contribution in [0.5, 0.6) is 0 Å². The van der Waals surface area contributed by atoms with Gasteiger partial charge in [-0.3, -0.25) is 14.1 Å². The van der Waals surface area contributed by atoms with Crippen molar-refractivity contribution in [2.45, 2.75) is 38.8 Å². The quantitative estimate of drug-likeness (QED) is 0.848. The molecule has 9 heteroatoms. The van der Waals surface area contributed by atoms with Gasteiger partial charge in [0.1, 0.15) is 0 Å². The Morgan fingerprint density at radius 3 is 2.96 bits per heavy atom. The van der Waals surface area contributed by atoms with E-state index in [0.717, 1.165) is 37.2 Å². The number of aryl methyl sites for hydroxylation is 1. The second kappa shape index (κ2) is 6.91. The first-order valence-electron chi connectivity index (χ1n) is 7.99. The maximum Gasteiger partial charge on any atom is 0.259 e. The van der Waals surface area contributed by atoms with Crippen LogP contribution in [0.2, 0.25) is 0 Å². The van der Waals surface area contributed by atoms with Gasteiger partial charge in [-0.25, -0.2) is 18.1 Å². The molecular formula is C15H22N4O3S2. The predicted molar refractivity (Wildman–Crippen MR) is 95.0 cm³/mol. The molecule has 132 valence electrons. The van der Waals surface area contributed by atoms with E-state index in [1.807, 2.05) is 12.3 Å². The first-order chi connectivity index (χ1) is 11.3. The Morgan fingerprint density at radius 1 is 1.42 bits per heavy atom. The van der Waals surface area contributed by atoms with Gasteiger partial charge >= 0.3 is 0 Å². The second-order valence-electron chi connectivity index (χ2n) is 6.32. The molecule has 0 aromatic carbocycles. The van der Waals surface area contributed by atoms with Crippen LogP contribution in [0.1, 0.15) is 30.7 Å². The summed E-state index contributed by atoms with van der Waals surface area (Å²) < 4.78 is 26.9. The van der Waals surface area contributed by atoms with Crippen LogP contribution in [-0.2, 0) is 16.6 Å². The van der Waals surface area contributed by atoms with E-state index in [1.165, 1.54) is 17.6 Å². The molecule has 1 saturated heterocycles. The van der Waals surface area contributed by atoms with Crippen LogP contribution in [0.25, 0.3) is 4.96 Å². The summed E-state index contributed by atoms with van der Waals surface area (Å²) >= 11 is 1.46. The number of sulfonamides is 1. The normalized spacial score (nSPS) is 19.8. The van der Waals surface area contributed by atoms with Crippen molar-refractivity contribution in [2.75, 3.05) is 19.3 Å². The molecule has 7 nitrogen and oxygen atoms in total.